The maximum absolute atomic E-state index is 13.9. The molecule has 2 aromatic carbocycles. The van der Waals surface area contributed by atoms with Crippen LogP contribution in [0.4, 0.5) is 5.69 Å². The number of aryl methyl sites for hydroxylation is 1. The summed E-state index contributed by atoms with van der Waals surface area (Å²) in [5.41, 5.74) is 2.23. The molecule has 10 heteroatoms. The van der Waals surface area contributed by atoms with Crippen LogP contribution >= 0.6 is 0 Å². The first-order valence-electron chi connectivity index (χ1n) is 13.1. The minimum Gasteiger partial charge on any atom is -0.486 e. The summed E-state index contributed by atoms with van der Waals surface area (Å²) in [5.74, 6) is 0.0239. The van der Waals surface area contributed by atoms with Crippen molar-refractivity contribution in [1.29, 1.82) is 0 Å². The van der Waals surface area contributed by atoms with E-state index < -0.39 is 28.5 Å². The Hall–Kier alpha value is -3.27. The van der Waals surface area contributed by atoms with Crippen LogP contribution in [-0.2, 0) is 26.2 Å². The van der Waals surface area contributed by atoms with E-state index in [0.717, 1.165) is 21.9 Å². The minimum absolute atomic E-state index is 0.0532. The van der Waals surface area contributed by atoms with Gasteiger partial charge in [-0.1, -0.05) is 43.7 Å². The van der Waals surface area contributed by atoms with Crippen LogP contribution in [0.5, 0.6) is 11.5 Å². The van der Waals surface area contributed by atoms with E-state index in [0.29, 0.717) is 36.8 Å². The molecule has 2 amide bonds. The molecule has 9 nitrogen and oxygen atoms in total. The van der Waals surface area contributed by atoms with Crippen molar-refractivity contribution in [1.82, 2.24) is 10.2 Å². The molecule has 3 rings (SSSR count). The highest BCUT2D eigenvalue weighted by Crippen LogP contribution is 2.35. The lowest BCUT2D eigenvalue weighted by Crippen LogP contribution is -2.53. The summed E-state index contributed by atoms with van der Waals surface area (Å²) < 4.78 is 38.7. The molecule has 0 radical (unpaired) electrons. The van der Waals surface area contributed by atoms with Crippen LogP contribution in [-0.4, -0.2) is 62.7 Å². The van der Waals surface area contributed by atoms with E-state index in [1.807, 2.05) is 52.0 Å². The molecule has 1 heterocycles. The third-order valence-electron chi connectivity index (χ3n) is 6.65. The normalized spacial score (nSPS) is 14.3. The molecule has 1 aliphatic rings. The zero-order valence-corrected chi connectivity index (χ0v) is 23.7. The van der Waals surface area contributed by atoms with Gasteiger partial charge in [0.15, 0.2) is 11.5 Å². The first kappa shape index (κ1) is 29.3. The van der Waals surface area contributed by atoms with Gasteiger partial charge in [-0.15, -0.1) is 0 Å². The van der Waals surface area contributed by atoms with Crippen molar-refractivity contribution >= 4 is 27.5 Å². The van der Waals surface area contributed by atoms with Gasteiger partial charge >= 0.3 is 0 Å². The zero-order valence-electron chi connectivity index (χ0n) is 22.9. The average molecular weight is 546 g/mol. The second-order valence-corrected chi connectivity index (χ2v) is 11.7. The van der Waals surface area contributed by atoms with Gasteiger partial charge in [-0.3, -0.25) is 13.9 Å². The first-order chi connectivity index (χ1) is 18.1. The van der Waals surface area contributed by atoms with E-state index >= 15 is 0 Å². The molecule has 0 aromatic heterocycles. The number of amides is 2. The number of rotatable bonds is 12. The predicted octanol–water partition coefficient (Wildman–Crippen LogP) is 3.64. The highest BCUT2D eigenvalue weighted by Gasteiger charge is 2.33. The van der Waals surface area contributed by atoms with E-state index in [-0.39, 0.29) is 24.2 Å². The standard InChI is InChI=1S/C28H39N3O6S/c1-6-21(5)29-28(33)24(7-2)30(18-22-11-9-20(4)10-12-22)27(32)19-31(38(34,35)8-3)23-13-14-25-26(17-23)37-16-15-36-25/h9-14,17,21,24H,6-8,15-16,18-19H2,1-5H3,(H,29,33)/t21-,24+/m1/s1. The SMILES string of the molecule is CC[C@@H](C)NC(=O)[C@H](CC)N(Cc1ccc(C)cc1)C(=O)CN(c1ccc2c(c1)OCCO2)S(=O)(=O)CC. The lowest BCUT2D eigenvalue weighted by atomic mass is 10.1. The van der Waals surface area contributed by atoms with Crippen molar-refractivity contribution in [3.8, 4) is 11.5 Å². The number of benzene rings is 2. The third kappa shape index (κ3) is 7.18. The molecule has 0 saturated heterocycles. The second kappa shape index (κ2) is 13.0. The Balaban J connectivity index is 1.97. The molecule has 0 unspecified atom stereocenters. The summed E-state index contributed by atoms with van der Waals surface area (Å²) in [4.78, 5) is 28.6. The van der Waals surface area contributed by atoms with E-state index in [2.05, 4.69) is 5.32 Å². The van der Waals surface area contributed by atoms with Crippen molar-refractivity contribution in [2.24, 2.45) is 0 Å². The quantitative estimate of drug-likeness (QED) is 0.437. The van der Waals surface area contributed by atoms with Crippen LogP contribution in [0.3, 0.4) is 0 Å². The molecule has 1 N–H and O–H groups in total. The Labute approximate surface area is 226 Å². The summed E-state index contributed by atoms with van der Waals surface area (Å²) >= 11 is 0. The lowest BCUT2D eigenvalue weighted by Gasteiger charge is -2.34. The molecular formula is C28H39N3O6S. The summed E-state index contributed by atoms with van der Waals surface area (Å²) in [5, 5.41) is 2.98. The first-order valence-corrected chi connectivity index (χ1v) is 14.8. The third-order valence-corrected chi connectivity index (χ3v) is 8.39. The summed E-state index contributed by atoms with van der Waals surface area (Å²) in [6.07, 6.45) is 1.13. The maximum atomic E-state index is 13.9. The smallest absolute Gasteiger partial charge is 0.244 e. The van der Waals surface area contributed by atoms with Crippen LogP contribution < -0.4 is 19.1 Å². The minimum atomic E-state index is -3.83. The van der Waals surface area contributed by atoms with Crippen molar-refractivity contribution in [3.63, 3.8) is 0 Å². The number of anilines is 1. The number of nitrogens with zero attached hydrogens (tertiary/aromatic N) is 2. The molecule has 2 aromatic rings. The predicted molar refractivity (Wildman–Crippen MR) is 148 cm³/mol. The van der Waals surface area contributed by atoms with Crippen molar-refractivity contribution in [3.05, 3.63) is 53.6 Å². The van der Waals surface area contributed by atoms with E-state index in [9.17, 15) is 18.0 Å². The van der Waals surface area contributed by atoms with Crippen molar-refractivity contribution in [2.45, 2.75) is 66.1 Å². The Morgan fingerprint density at radius 1 is 0.974 bits per heavy atom. The summed E-state index contributed by atoms with van der Waals surface area (Å²) in [7, 11) is -3.83. The number of carbonyl (C=O) groups is 2. The number of carbonyl (C=O) groups excluding carboxylic acids is 2. The van der Waals surface area contributed by atoms with E-state index in [1.165, 1.54) is 11.8 Å². The van der Waals surface area contributed by atoms with Crippen molar-refractivity contribution < 1.29 is 27.5 Å². The molecule has 0 spiro atoms. The van der Waals surface area contributed by atoms with Gasteiger partial charge < -0.3 is 19.7 Å². The number of hydrogen-bond acceptors (Lipinski definition) is 6. The number of nitrogens with one attached hydrogen (secondary N) is 1. The number of fused-ring (bicyclic) bond motifs is 1. The maximum Gasteiger partial charge on any atom is 0.244 e. The topological polar surface area (TPSA) is 105 Å². The highest BCUT2D eigenvalue weighted by atomic mass is 32.2. The fourth-order valence-electron chi connectivity index (χ4n) is 4.16. The molecule has 208 valence electrons. The monoisotopic (exact) mass is 545 g/mol. The summed E-state index contributed by atoms with van der Waals surface area (Å²) in [6, 6.07) is 11.7. The zero-order chi connectivity index (χ0) is 27.9. The van der Waals surface area contributed by atoms with Gasteiger partial charge in [-0.25, -0.2) is 8.42 Å². The Bertz CT molecular complexity index is 1220. The fraction of sp³-hybridized carbons (Fsp3) is 0.500. The van der Waals surface area contributed by atoms with Gasteiger partial charge in [0.2, 0.25) is 21.8 Å². The van der Waals surface area contributed by atoms with Crippen LogP contribution in [0.15, 0.2) is 42.5 Å². The molecule has 0 bridgehead atoms. The van der Waals surface area contributed by atoms with Gasteiger partial charge in [0, 0.05) is 18.7 Å². The van der Waals surface area contributed by atoms with Crippen LogP contribution in [0.2, 0.25) is 0 Å². The Morgan fingerprint density at radius 2 is 1.63 bits per heavy atom. The van der Waals surface area contributed by atoms with E-state index in [4.69, 9.17) is 9.47 Å². The van der Waals surface area contributed by atoms with Crippen LogP contribution in [0, 0.1) is 6.92 Å². The van der Waals surface area contributed by atoms with Gasteiger partial charge in [-0.05, 0) is 51.3 Å². The molecule has 1 aliphatic heterocycles. The largest absolute Gasteiger partial charge is 0.486 e. The molecule has 0 saturated carbocycles. The molecule has 0 fully saturated rings. The number of sulfonamides is 1. The molecular weight excluding hydrogens is 506 g/mol. The fourth-order valence-corrected chi connectivity index (χ4v) is 5.21. The molecule has 2 atom stereocenters. The van der Waals surface area contributed by atoms with E-state index in [1.54, 1.807) is 18.2 Å². The lowest BCUT2D eigenvalue weighted by molar-refractivity contribution is -0.140. The van der Waals surface area contributed by atoms with Gasteiger partial charge in [-0.2, -0.15) is 0 Å². The van der Waals surface area contributed by atoms with Crippen LogP contribution in [0.25, 0.3) is 0 Å². The Morgan fingerprint density at radius 3 is 2.24 bits per heavy atom. The average Bonchev–Trinajstić information content (AvgIpc) is 2.92. The number of hydrogen-bond donors (Lipinski definition) is 1. The highest BCUT2D eigenvalue weighted by molar-refractivity contribution is 7.92. The molecule has 38 heavy (non-hydrogen) atoms. The van der Waals surface area contributed by atoms with Crippen LogP contribution in [0.1, 0.15) is 51.7 Å². The van der Waals surface area contributed by atoms with Gasteiger partial charge in [0.25, 0.3) is 0 Å². The van der Waals surface area contributed by atoms with Crippen molar-refractivity contribution in [2.75, 3.05) is 29.8 Å². The molecule has 0 aliphatic carbocycles. The van der Waals surface area contributed by atoms with Gasteiger partial charge in [0.05, 0.1) is 11.4 Å². The summed E-state index contributed by atoms with van der Waals surface area (Å²) in [6.45, 7) is 9.72. The second-order valence-electron chi connectivity index (χ2n) is 9.48. The Kier molecular flexibility index (Phi) is 10.0. The number of ether oxygens (including phenoxy) is 2. The van der Waals surface area contributed by atoms with Gasteiger partial charge in [0.1, 0.15) is 25.8 Å².